The molecule has 0 saturated heterocycles. The first-order valence-electron chi connectivity index (χ1n) is 6.77. The average molecular weight is 276 g/mol. The van der Waals surface area contributed by atoms with Gasteiger partial charge in [-0.3, -0.25) is 4.90 Å². The predicted octanol–water partition coefficient (Wildman–Crippen LogP) is 0.842. The molecule has 1 amide bonds. The van der Waals surface area contributed by atoms with Gasteiger partial charge in [-0.2, -0.15) is 0 Å². The zero-order valence-electron chi connectivity index (χ0n) is 12.6. The molecule has 6 nitrogen and oxygen atoms in total. The van der Waals surface area contributed by atoms with Crippen LogP contribution in [0.25, 0.3) is 0 Å². The molecule has 0 aromatic rings. The molecular weight excluding hydrogens is 248 g/mol. The Balaban J connectivity index is 3.68. The standard InChI is InChI=1S/C13H28N2O4/c1-5-15(8-10-18-11-9-16)7-6-14-12(17)19-13(2,3)4/h16H,5-11H2,1-4H3,(H,14,17). The molecule has 0 spiro atoms. The third kappa shape index (κ3) is 11.9. The Morgan fingerprint density at radius 3 is 2.47 bits per heavy atom. The molecule has 19 heavy (non-hydrogen) atoms. The maximum atomic E-state index is 11.4. The lowest BCUT2D eigenvalue weighted by atomic mass is 10.2. The van der Waals surface area contributed by atoms with Crippen molar-refractivity contribution >= 4 is 6.09 Å². The Kier molecular flexibility index (Phi) is 9.55. The molecule has 0 aromatic heterocycles. The van der Waals surface area contributed by atoms with E-state index in [0.29, 0.717) is 19.8 Å². The second kappa shape index (κ2) is 10.00. The Labute approximate surface area is 116 Å². The minimum Gasteiger partial charge on any atom is -0.444 e. The monoisotopic (exact) mass is 276 g/mol. The van der Waals surface area contributed by atoms with E-state index in [0.717, 1.165) is 19.6 Å². The molecule has 6 heteroatoms. The number of hydrogen-bond donors (Lipinski definition) is 2. The van der Waals surface area contributed by atoms with Crippen molar-refractivity contribution in [3.63, 3.8) is 0 Å². The van der Waals surface area contributed by atoms with E-state index in [1.54, 1.807) is 0 Å². The van der Waals surface area contributed by atoms with Crippen LogP contribution in [0.3, 0.4) is 0 Å². The Bertz CT molecular complexity index is 241. The molecule has 0 bridgehead atoms. The number of carbonyl (C=O) groups excluding carboxylic acids is 1. The van der Waals surface area contributed by atoms with E-state index in [9.17, 15) is 4.79 Å². The topological polar surface area (TPSA) is 71.0 Å². The average Bonchev–Trinajstić information content (AvgIpc) is 2.30. The lowest BCUT2D eigenvalue weighted by molar-refractivity contribution is 0.0513. The van der Waals surface area contributed by atoms with E-state index in [4.69, 9.17) is 14.6 Å². The number of nitrogens with zero attached hydrogens (tertiary/aromatic N) is 1. The molecular formula is C13H28N2O4. The van der Waals surface area contributed by atoms with E-state index < -0.39 is 5.60 Å². The van der Waals surface area contributed by atoms with E-state index >= 15 is 0 Å². The summed E-state index contributed by atoms with van der Waals surface area (Å²) in [5.41, 5.74) is -0.466. The highest BCUT2D eigenvalue weighted by molar-refractivity contribution is 5.67. The van der Waals surface area contributed by atoms with Gasteiger partial charge in [0, 0.05) is 19.6 Å². The Morgan fingerprint density at radius 2 is 1.95 bits per heavy atom. The highest BCUT2D eigenvalue weighted by Gasteiger charge is 2.15. The zero-order chi connectivity index (χ0) is 14.7. The normalized spacial score (nSPS) is 11.7. The fraction of sp³-hybridized carbons (Fsp3) is 0.923. The molecule has 0 aliphatic heterocycles. The summed E-state index contributed by atoms with van der Waals surface area (Å²) >= 11 is 0. The predicted molar refractivity (Wildman–Crippen MR) is 74.3 cm³/mol. The highest BCUT2D eigenvalue weighted by Crippen LogP contribution is 2.06. The lowest BCUT2D eigenvalue weighted by Crippen LogP contribution is -2.39. The summed E-state index contributed by atoms with van der Waals surface area (Å²) in [5, 5.41) is 11.3. The van der Waals surface area contributed by atoms with E-state index in [2.05, 4.69) is 17.1 Å². The van der Waals surface area contributed by atoms with Crippen molar-refractivity contribution in [3.8, 4) is 0 Å². The van der Waals surface area contributed by atoms with Crippen LogP contribution in [-0.4, -0.2) is 67.7 Å². The first-order valence-corrected chi connectivity index (χ1v) is 6.77. The van der Waals surface area contributed by atoms with Gasteiger partial charge in [-0.1, -0.05) is 6.92 Å². The molecule has 0 unspecified atom stereocenters. The van der Waals surface area contributed by atoms with Crippen LogP contribution in [0.4, 0.5) is 4.79 Å². The summed E-state index contributed by atoms with van der Waals surface area (Å²) in [6.07, 6.45) is -0.389. The maximum Gasteiger partial charge on any atom is 0.407 e. The van der Waals surface area contributed by atoms with Gasteiger partial charge in [0.2, 0.25) is 0 Å². The molecule has 0 heterocycles. The summed E-state index contributed by atoms with van der Waals surface area (Å²) in [7, 11) is 0. The molecule has 0 rings (SSSR count). The van der Waals surface area contributed by atoms with Gasteiger partial charge >= 0.3 is 6.09 Å². The van der Waals surface area contributed by atoms with Crippen LogP contribution in [0.15, 0.2) is 0 Å². The summed E-state index contributed by atoms with van der Waals surface area (Å²) < 4.78 is 10.3. The number of ether oxygens (including phenoxy) is 2. The SMILES string of the molecule is CCN(CCNC(=O)OC(C)(C)C)CCOCCO. The first kappa shape index (κ1) is 18.1. The van der Waals surface area contributed by atoms with Crippen LogP contribution >= 0.6 is 0 Å². The van der Waals surface area contributed by atoms with Gasteiger partial charge in [-0.15, -0.1) is 0 Å². The van der Waals surface area contributed by atoms with Crippen molar-refractivity contribution in [2.45, 2.75) is 33.3 Å². The molecule has 2 N–H and O–H groups in total. The van der Waals surface area contributed by atoms with E-state index in [-0.39, 0.29) is 12.7 Å². The van der Waals surface area contributed by atoms with Gasteiger partial charge in [0.1, 0.15) is 5.60 Å². The van der Waals surface area contributed by atoms with Crippen LogP contribution in [0.5, 0.6) is 0 Å². The van der Waals surface area contributed by atoms with Gasteiger partial charge < -0.3 is 19.9 Å². The van der Waals surface area contributed by atoms with Gasteiger partial charge in [0.15, 0.2) is 0 Å². The quantitative estimate of drug-likeness (QED) is 0.611. The number of aliphatic hydroxyl groups excluding tert-OH is 1. The van der Waals surface area contributed by atoms with Crippen molar-refractivity contribution in [2.75, 3.05) is 46.0 Å². The van der Waals surface area contributed by atoms with Crippen LogP contribution in [0, 0.1) is 0 Å². The van der Waals surface area contributed by atoms with Gasteiger partial charge in [0.05, 0.1) is 19.8 Å². The molecule has 0 fully saturated rings. The first-order chi connectivity index (χ1) is 8.89. The molecule has 0 aromatic carbocycles. The van der Waals surface area contributed by atoms with Gasteiger partial charge in [-0.25, -0.2) is 4.79 Å². The van der Waals surface area contributed by atoms with Crippen molar-refractivity contribution in [3.05, 3.63) is 0 Å². The minimum absolute atomic E-state index is 0.0479. The van der Waals surface area contributed by atoms with Crippen LogP contribution in [0.1, 0.15) is 27.7 Å². The van der Waals surface area contributed by atoms with Crippen molar-refractivity contribution in [1.29, 1.82) is 0 Å². The number of hydrogen-bond acceptors (Lipinski definition) is 5. The van der Waals surface area contributed by atoms with E-state index in [1.807, 2.05) is 20.8 Å². The molecule has 114 valence electrons. The number of aliphatic hydroxyl groups is 1. The number of rotatable bonds is 9. The summed E-state index contributed by atoms with van der Waals surface area (Å²) in [5.74, 6) is 0. The van der Waals surface area contributed by atoms with Crippen molar-refractivity contribution < 1.29 is 19.4 Å². The molecule has 0 saturated carbocycles. The molecule has 0 radical (unpaired) electrons. The summed E-state index contributed by atoms with van der Waals surface area (Å²) in [4.78, 5) is 13.6. The fourth-order valence-electron chi connectivity index (χ4n) is 1.42. The van der Waals surface area contributed by atoms with Gasteiger partial charge in [0.25, 0.3) is 0 Å². The van der Waals surface area contributed by atoms with Crippen LogP contribution in [0.2, 0.25) is 0 Å². The molecule has 0 aliphatic carbocycles. The number of amides is 1. The second-order valence-corrected chi connectivity index (χ2v) is 5.20. The maximum absolute atomic E-state index is 11.4. The second-order valence-electron chi connectivity index (χ2n) is 5.20. The van der Waals surface area contributed by atoms with Crippen LogP contribution in [-0.2, 0) is 9.47 Å². The largest absolute Gasteiger partial charge is 0.444 e. The van der Waals surface area contributed by atoms with E-state index in [1.165, 1.54) is 0 Å². The van der Waals surface area contributed by atoms with Crippen molar-refractivity contribution in [2.24, 2.45) is 0 Å². The highest BCUT2D eigenvalue weighted by atomic mass is 16.6. The Morgan fingerprint density at radius 1 is 1.26 bits per heavy atom. The number of likely N-dealkylation sites (N-methyl/N-ethyl adjacent to an activating group) is 1. The van der Waals surface area contributed by atoms with Crippen LogP contribution < -0.4 is 5.32 Å². The van der Waals surface area contributed by atoms with Gasteiger partial charge in [-0.05, 0) is 27.3 Å². The molecule has 0 aliphatic rings. The summed E-state index contributed by atoms with van der Waals surface area (Å²) in [6.45, 7) is 11.5. The zero-order valence-corrected chi connectivity index (χ0v) is 12.6. The third-order valence-electron chi connectivity index (χ3n) is 2.33. The number of carbonyl (C=O) groups is 1. The minimum atomic E-state index is -0.466. The summed E-state index contributed by atoms with van der Waals surface area (Å²) in [6, 6.07) is 0. The van der Waals surface area contributed by atoms with Crippen molar-refractivity contribution in [1.82, 2.24) is 10.2 Å². The lowest BCUT2D eigenvalue weighted by Gasteiger charge is -2.22. The smallest absolute Gasteiger partial charge is 0.407 e. The number of nitrogens with one attached hydrogen (secondary N) is 1. The molecule has 0 atom stereocenters. The fourth-order valence-corrected chi connectivity index (χ4v) is 1.42. The Hall–Kier alpha value is -0.850. The third-order valence-corrected chi connectivity index (χ3v) is 2.33. The number of alkyl carbamates (subject to hydrolysis) is 1.